The van der Waals surface area contributed by atoms with Crippen molar-refractivity contribution in [2.24, 2.45) is 16.9 Å². The van der Waals surface area contributed by atoms with Crippen LogP contribution in [0.2, 0.25) is 0 Å². The Balaban J connectivity index is 2.15. The molecule has 1 aliphatic rings. The molecule has 1 saturated carbocycles. The number of ether oxygens (including phenoxy) is 2. The van der Waals surface area contributed by atoms with Crippen LogP contribution in [0, 0.1) is 24.6 Å². The first-order chi connectivity index (χ1) is 17.4. The summed E-state index contributed by atoms with van der Waals surface area (Å²) < 4.78 is 50.0. The topological polar surface area (TPSA) is 131 Å². The van der Waals surface area contributed by atoms with Gasteiger partial charge in [0.25, 0.3) is 10.0 Å². The molecule has 200 valence electrons. The fourth-order valence-electron chi connectivity index (χ4n) is 4.59. The molecule has 0 heterocycles. The third-order valence-electron chi connectivity index (χ3n) is 6.26. The maximum absolute atomic E-state index is 13.7. The van der Waals surface area contributed by atoms with Crippen molar-refractivity contribution < 1.29 is 37.0 Å². The fraction of sp³-hybridized carbons (Fsp3) is 0.423. The van der Waals surface area contributed by atoms with Crippen LogP contribution in [-0.2, 0) is 29.1 Å². The molecular formula is C26H31FN2O7S. The number of carbonyl (C=O) groups is 2. The lowest BCUT2D eigenvalue weighted by molar-refractivity contribution is -0.163. The number of sulfonamides is 1. The van der Waals surface area contributed by atoms with Crippen molar-refractivity contribution in [3.05, 3.63) is 65.5 Å². The third kappa shape index (κ3) is 6.34. The van der Waals surface area contributed by atoms with E-state index in [1.807, 2.05) is 6.92 Å². The predicted molar refractivity (Wildman–Crippen MR) is 134 cm³/mol. The standard InChI is InChI=1S/C26H31FN2O7S/c1-5-35-24(30)22-20(28-29-37(33,34)19-13-7-16(3)8-14-19)15-26(4,32)23(25(31)36-6-2)21(22)17-9-11-18(27)12-10-17/h7-14,21-23,29,32H,5-6,15H2,1-4H3/b28-20-/t21-,22-,23+,26-/m0/s1. The van der Waals surface area contributed by atoms with Gasteiger partial charge >= 0.3 is 11.9 Å². The van der Waals surface area contributed by atoms with Gasteiger partial charge < -0.3 is 14.6 Å². The SMILES string of the molecule is CCOC(=O)[C@H]1/C(=N\NS(=O)(=O)c2ccc(C)cc2)C[C@](C)(O)[C@@H](C(=O)OCC)[C@H]1c1ccc(F)cc1. The molecule has 0 saturated heterocycles. The highest BCUT2D eigenvalue weighted by Crippen LogP contribution is 2.47. The van der Waals surface area contributed by atoms with Gasteiger partial charge in [-0.15, -0.1) is 0 Å². The number of benzene rings is 2. The number of esters is 2. The van der Waals surface area contributed by atoms with Gasteiger partial charge in [0.1, 0.15) is 11.7 Å². The van der Waals surface area contributed by atoms with E-state index in [1.54, 1.807) is 26.0 Å². The Morgan fingerprint density at radius 2 is 1.62 bits per heavy atom. The van der Waals surface area contributed by atoms with Crippen molar-refractivity contribution in [3.63, 3.8) is 0 Å². The average Bonchev–Trinajstić information content (AvgIpc) is 2.83. The van der Waals surface area contributed by atoms with Crippen LogP contribution in [0.1, 0.15) is 44.2 Å². The molecule has 37 heavy (non-hydrogen) atoms. The Kier molecular flexibility index (Phi) is 8.70. The Labute approximate surface area is 215 Å². The zero-order valence-electron chi connectivity index (χ0n) is 21.1. The van der Waals surface area contributed by atoms with E-state index in [1.165, 1.54) is 43.3 Å². The highest BCUT2D eigenvalue weighted by atomic mass is 32.2. The van der Waals surface area contributed by atoms with E-state index in [4.69, 9.17) is 9.47 Å². The van der Waals surface area contributed by atoms with Gasteiger partial charge in [0, 0.05) is 12.3 Å². The number of rotatable bonds is 8. The van der Waals surface area contributed by atoms with Crippen molar-refractivity contribution in [1.29, 1.82) is 0 Å². The summed E-state index contributed by atoms with van der Waals surface area (Å²) >= 11 is 0. The lowest BCUT2D eigenvalue weighted by Gasteiger charge is -2.45. The lowest BCUT2D eigenvalue weighted by Crippen LogP contribution is -2.55. The number of aliphatic hydroxyl groups is 1. The number of carbonyl (C=O) groups excluding carboxylic acids is 2. The second-order valence-corrected chi connectivity index (χ2v) is 10.7. The predicted octanol–water partition coefficient (Wildman–Crippen LogP) is 3.07. The highest BCUT2D eigenvalue weighted by Gasteiger charge is 2.56. The fourth-order valence-corrected chi connectivity index (χ4v) is 5.43. The van der Waals surface area contributed by atoms with Crippen molar-refractivity contribution in [2.45, 2.75) is 50.5 Å². The van der Waals surface area contributed by atoms with E-state index in [9.17, 15) is 27.5 Å². The zero-order valence-corrected chi connectivity index (χ0v) is 21.9. The Morgan fingerprint density at radius 3 is 2.19 bits per heavy atom. The van der Waals surface area contributed by atoms with Gasteiger partial charge in [-0.3, -0.25) is 9.59 Å². The number of aryl methyl sites for hydroxylation is 1. The van der Waals surface area contributed by atoms with Crippen molar-refractivity contribution in [1.82, 2.24) is 4.83 Å². The Morgan fingerprint density at radius 1 is 1.05 bits per heavy atom. The molecule has 0 amide bonds. The maximum atomic E-state index is 13.7. The van der Waals surface area contributed by atoms with Crippen molar-refractivity contribution in [2.75, 3.05) is 13.2 Å². The molecular weight excluding hydrogens is 503 g/mol. The highest BCUT2D eigenvalue weighted by molar-refractivity contribution is 7.89. The van der Waals surface area contributed by atoms with Crippen LogP contribution in [0.25, 0.3) is 0 Å². The third-order valence-corrected chi connectivity index (χ3v) is 7.49. The summed E-state index contributed by atoms with van der Waals surface area (Å²) in [5.41, 5.74) is -0.605. The van der Waals surface area contributed by atoms with Gasteiger partial charge in [0.05, 0.1) is 35.3 Å². The van der Waals surface area contributed by atoms with Gasteiger partial charge in [0.2, 0.25) is 0 Å². The summed E-state index contributed by atoms with van der Waals surface area (Å²) in [5.74, 6) is -5.65. The number of hydrazone groups is 1. The van der Waals surface area contributed by atoms with E-state index < -0.39 is 51.1 Å². The molecule has 0 radical (unpaired) electrons. The quantitative estimate of drug-likeness (QED) is 0.393. The molecule has 2 aromatic carbocycles. The normalized spacial score (nSPS) is 24.9. The molecule has 0 unspecified atom stereocenters. The molecule has 1 fully saturated rings. The first-order valence-electron chi connectivity index (χ1n) is 11.9. The molecule has 0 bridgehead atoms. The molecule has 0 aromatic heterocycles. The van der Waals surface area contributed by atoms with E-state index >= 15 is 0 Å². The first kappa shape index (κ1) is 28.3. The number of hydrogen-bond donors (Lipinski definition) is 2. The summed E-state index contributed by atoms with van der Waals surface area (Å²) in [7, 11) is -4.11. The molecule has 9 nitrogen and oxygen atoms in total. The molecule has 4 atom stereocenters. The number of nitrogens with one attached hydrogen (secondary N) is 1. The summed E-state index contributed by atoms with van der Waals surface area (Å²) in [6.45, 7) is 6.45. The number of halogens is 1. The van der Waals surface area contributed by atoms with Crippen LogP contribution in [0.5, 0.6) is 0 Å². The second kappa shape index (κ2) is 11.4. The average molecular weight is 535 g/mol. The maximum Gasteiger partial charge on any atom is 0.315 e. The second-order valence-electron chi connectivity index (χ2n) is 9.08. The largest absolute Gasteiger partial charge is 0.466 e. The minimum atomic E-state index is -4.11. The van der Waals surface area contributed by atoms with Crippen LogP contribution >= 0.6 is 0 Å². The van der Waals surface area contributed by atoms with Crippen LogP contribution in [-0.4, -0.2) is 50.0 Å². The van der Waals surface area contributed by atoms with Gasteiger partial charge in [-0.25, -0.2) is 9.22 Å². The van der Waals surface area contributed by atoms with E-state index in [2.05, 4.69) is 9.93 Å². The number of hydrogen-bond acceptors (Lipinski definition) is 8. The molecule has 3 rings (SSSR count). The van der Waals surface area contributed by atoms with E-state index in [-0.39, 0.29) is 30.2 Å². The summed E-state index contributed by atoms with van der Waals surface area (Å²) in [6.07, 6.45) is -0.325. The van der Waals surface area contributed by atoms with Crippen LogP contribution in [0.3, 0.4) is 0 Å². The van der Waals surface area contributed by atoms with Crippen LogP contribution in [0.15, 0.2) is 58.5 Å². The van der Waals surface area contributed by atoms with Crippen molar-refractivity contribution in [3.8, 4) is 0 Å². The molecule has 0 aliphatic heterocycles. The Hall–Kier alpha value is -3.31. The summed E-state index contributed by atoms with van der Waals surface area (Å²) in [6, 6.07) is 11.2. The van der Waals surface area contributed by atoms with Gasteiger partial charge in [-0.1, -0.05) is 29.8 Å². The minimum Gasteiger partial charge on any atom is -0.466 e. The first-order valence-corrected chi connectivity index (χ1v) is 13.4. The monoisotopic (exact) mass is 534 g/mol. The van der Waals surface area contributed by atoms with Gasteiger partial charge in [-0.05, 0) is 57.5 Å². The molecule has 0 spiro atoms. The molecule has 1 aliphatic carbocycles. The number of nitrogens with zero attached hydrogens (tertiary/aromatic N) is 1. The molecule has 11 heteroatoms. The van der Waals surface area contributed by atoms with Crippen LogP contribution in [0.4, 0.5) is 4.39 Å². The zero-order chi connectivity index (χ0) is 27.4. The molecule has 2 aromatic rings. The van der Waals surface area contributed by atoms with Gasteiger partial charge in [0.15, 0.2) is 0 Å². The van der Waals surface area contributed by atoms with E-state index in [0.29, 0.717) is 5.56 Å². The van der Waals surface area contributed by atoms with E-state index in [0.717, 1.165) is 5.56 Å². The Bertz CT molecular complexity index is 1260. The van der Waals surface area contributed by atoms with Crippen molar-refractivity contribution >= 4 is 27.7 Å². The van der Waals surface area contributed by atoms with Crippen LogP contribution < -0.4 is 4.83 Å². The minimum absolute atomic E-state index is 0.00824. The smallest absolute Gasteiger partial charge is 0.315 e. The molecule has 2 N–H and O–H groups in total. The summed E-state index contributed by atoms with van der Waals surface area (Å²) in [4.78, 5) is 28.4. The summed E-state index contributed by atoms with van der Waals surface area (Å²) in [5, 5.41) is 15.5. The van der Waals surface area contributed by atoms with Gasteiger partial charge in [-0.2, -0.15) is 13.5 Å². The lowest BCUT2D eigenvalue weighted by atomic mass is 9.61.